The summed E-state index contributed by atoms with van der Waals surface area (Å²) in [7, 11) is 0. The quantitative estimate of drug-likeness (QED) is 0.158. The zero-order valence-corrected chi connectivity index (χ0v) is 26.5. The minimum Gasteiger partial charge on any atom is -0.478 e. The van der Waals surface area contributed by atoms with Gasteiger partial charge in [0, 0.05) is 28.1 Å². The van der Waals surface area contributed by atoms with E-state index in [1.807, 2.05) is 24.3 Å². The Kier molecular flexibility index (Phi) is 7.11. The standard InChI is InChI=1S/C39H27N3O5S/c1-2-17-40-32-16-14-26(42-37(43)29-15-13-24(39(45)46)19-30(29)38(42)44)20-31(32)36-41-34-27(11-6-12-33(34)47-36)22-8-5-9-23(18-22)35-28-10-4-3-7-25(28)21-48-35/h3-16,18-21,40H,2,17H2,1H3,(H,45,46). The summed E-state index contributed by atoms with van der Waals surface area (Å²) in [6, 6.07) is 31.8. The number of benzene rings is 5. The normalized spacial score (nSPS) is 12.6. The van der Waals surface area contributed by atoms with Crippen molar-refractivity contribution in [2.24, 2.45) is 0 Å². The van der Waals surface area contributed by atoms with Crippen molar-refractivity contribution in [1.82, 2.24) is 4.98 Å². The number of nitrogens with zero attached hydrogens (tertiary/aromatic N) is 2. The Balaban J connectivity index is 1.21. The largest absolute Gasteiger partial charge is 0.478 e. The third-order valence-corrected chi connectivity index (χ3v) is 9.62. The van der Waals surface area contributed by atoms with Gasteiger partial charge < -0.3 is 14.8 Å². The van der Waals surface area contributed by atoms with Crippen LogP contribution in [0.25, 0.3) is 54.9 Å². The Morgan fingerprint density at radius 3 is 2.50 bits per heavy atom. The fourth-order valence-electron chi connectivity index (χ4n) is 6.21. The maximum Gasteiger partial charge on any atom is 0.335 e. The number of anilines is 2. The second-order valence-electron chi connectivity index (χ2n) is 11.6. The molecule has 3 heterocycles. The van der Waals surface area contributed by atoms with Crippen LogP contribution >= 0.6 is 11.3 Å². The number of carboxylic acid groups (broad SMARTS) is 1. The smallest absolute Gasteiger partial charge is 0.335 e. The number of para-hydroxylation sites is 1. The molecule has 0 fully saturated rings. The maximum atomic E-state index is 13.5. The van der Waals surface area contributed by atoms with Gasteiger partial charge >= 0.3 is 5.97 Å². The number of carbonyl (C=O) groups is 3. The van der Waals surface area contributed by atoms with E-state index in [0.29, 0.717) is 34.8 Å². The molecular formula is C39H27N3O5S. The number of rotatable bonds is 8. The van der Waals surface area contributed by atoms with E-state index in [4.69, 9.17) is 9.40 Å². The van der Waals surface area contributed by atoms with Gasteiger partial charge in [-0.1, -0.05) is 61.5 Å². The molecule has 8 nitrogen and oxygen atoms in total. The van der Waals surface area contributed by atoms with Crippen molar-refractivity contribution in [2.45, 2.75) is 13.3 Å². The van der Waals surface area contributed by atoms with Gasteiger partial charge in [0.15, 0.2) is 5.58 Å². The topological polar surface area (TPSA) is 113 Å². The van der Waals surface area contributed by atoms with Crippen molar-refractivity contribution in [1.29, 1.82) is 0 Å². The van der Waals surface area contributed by atoms with Gasteiger partial charge in [-0.3, -0.25) is 9.59 Å². The fourth-order valence-corrected chi connectivity index (χ4v) is 7.24. The van der Waals surface area contributed by atoms with Crippen LogP contribution in [0.15, 0.2) is 113 Å². The monoisotopic (exact) mass is 649 g/mol. The van der Waals surface area contributed by atoms with E-state index in [2.05, 4.69) is 60.1 Å². The zero-order chi connectivity index (χ0) is 32.9. The highest BCUT2D eigenvalue weighted by molar-refractivity contribution is 7.15. The molecule has 48 heavy (non-hydrogen) atoms. The number of aromatic nitrogens is 1. The van der Waals surface area contributed by atoms with Gasteiger partial charge in [0.05, 0.1) is 27.9 Å². The number of hydrogen-bond acceptors (Lipinski definition) is 7. The molecule has 0 saturated carbocycles. The summed E-state index contributed by atoms with van der Waals surface area (Å²) in [4.78, 5) is 45.7. The second kappa shape index (κ2) is 11.6. The SMILES string of the molecule is CCCNc1ccc(N2C(=O)c3ccc(C(=O)O)cc3C2=O)cc1-c1nc2c(-c3cccc(-c4scc5ccccc45)c3)cccc2o1. The van der Waals surface area contributed by atoms with E-state index >= 15 is 0 Å². The maximum absolute atomic E-state index is 13.5. The van der Waals surface area contributed by atoms with Crippen molar-refractivity contribution in [3.05, 3.63) is 125 Å². The molecule has 8 rings (SSSR count). The van der Waals surface area contributed by atoms with Crippen LogP contribution < -0.4 is 10.2 Å². The van der Waals surface area contributed by atoms with Crippen LogP contribution in [-0.4, -0.2) is 34.4 Å². The lowest BCUT2D eigenvalue weighted by molar-refractivity contribution is 0.0696. The minimum absolute atomic E-state index is 0.0546. The molecule has 2 N–H and O–H groups in total. The van der Waals surface area contributed by atoms with E-state index < -0.39 is 17.8 Å². The fraction of sp³-hybridized carbons (Fsp3) is 0.0769. The van der Waals surface area contributed by atoms with Crippen LogP contribution in [0.3, 0.4) is 0 Å². The van der Waals surface area contributed by atoms with Crippen LogP contribution in [-0.2, 0) is 0 Å². The highest BCUT2D eigenvalue weighted by atomic mass is 32.1. The van der Waals surface area contributed by atoms with Crippen molar-refractivity contribution in [3.8, 4) is 33.0 Å². The Labute approximate surface area is 278 Å². The van der Waals surface area contributed by atoms with Gasteiger partial charge in [-0.05, 0) is 76.8 Å². The van der Waals surface area contributed by atoms with Gasteiger partial charge in [-0.2, -0.15) is 0 Å². The van der Waals surface area contributed by atoms with E-state index in [-0.39, 0.29) is 16.7 Å². The Morgan fingerprint density at radius 1 is 0.833 bits per heavy atom. The first-order valence-electron chi connectivity index (χ1n) is 15.5. The number of thiophene rings is 1. The summed E-state index contributed by atoms with van der Waals surface area (Å²) in [6.45, 7) is 2.75. The minimum atomic E-state index is -1.17. The predicted molar refractivity (Wildman–Crippen MR) is 189 cm³/mol. The molecular weight excluding hydrogens is 623 g/mol. The molecule has 1 aliphatic rings. The molecule has 9 heteroatoms. The van der Waals surface area contributed by atoms with Crippen molar-refractivity contribution in [2.75, 3.05) is 16.8 Å². The number of imide groups is 1. The Morgan fingerprint density at radius 2 is 1.65 bits per heavy atom. The number of carbonyl (C=O) groups excluding carboxylic acids is 2. The first-order chi connectivity index (χ1) is 23.4. The Hall–Kier alpha value is -6.06. The summed E-state index contributed by atoms with van der Waals surface area (Å²) in [6.07, 6.45) is 0.874. The molecule has 0 spiro atoms. The van der Waals surface area contributed by atoms with Crippen molar-refractivity contribution < 1.29 is 23.9 Å². The molecule has 0 aliphatic carbocycles. The number of amides is 2. The highest BCUT2D eigenvalue weighted by Crippen LogP contribution is 2.40. The highest BCUT2D eigenvalue weighted by Gasteiger charge is 2.37. The van der Waals surface area contributed by atoms with Crippen molar-refractivity contribution in [3.63, 3.8) is 0 Å². The number of carboxylic acids is 1. The van der Waals surface area contributed by atoms with E-state index in [1.54, 1.807) is 29.5 Å². The van der Waals surface area contributed by atoms with Gasteiger partial charge in [0.2, 0.25) is 5.89 Å². The van der Waals surface area contributed by atoms with Gasteiger partial charge in [0.1, 0.15) is 5.52 Å². The summed E-state index contributed by atoms with van der Waals surface area (Å²) < 4.78 is 6.37. The molecule has 5 aromatic carbocycles. The lowest BCUT2D eigenvalue weighted by Gasteiger charge is -2.17. The van der Waals surface area contributed by atoms with Gasteiger partial charge in [0.25, 0.3) is 11.8 Å². The number of nitrogens with one attached hydrogen (secondary N) is 1. The second-order valence-corrected chi connectivity index (χ2v) is 12.5. The molecule has 234 valence electrons. The molecule has 2 aromatic heterocycles. The lowest BCUT2D eigenvalue weighted by Crippen LogP contribution is -2.29. The van der Waals surface area contributed by atoms with E-state index in [9.17, 15) is 19.5 Å². The summed E-state index contributed by atoms with van der Waals surface area (Å²) >= 11 is 1.72. The van der Waals surface area contributed by atoms with Crippen LogP contribution in [0, 0.1) is 0 Å². The third-order valence-electron chi connectivity index (χ3n) is 8.55. The molecule has 0 unspecified atom stereocenters. The number of aromatic carboxylic acids is 1. The average Bonchev–Trinajstić information content (AvgIpc) is 3.81. The third kappa shape index (κ3) is 4.83. The summed E-state index contributed by atoms with van der Waals surface area (Å²) in [5, 5.41) is 17.5. The lowest BCUT2D eigenvalue weighted by atomic mass is 10.00. The van der Waals surface area contributed by atoms with Gasteiger partial charge in [-0.15, -0.1) is 11.3 Å². The Bertz CT molecular complexity index is 2440. The van der Waals surface area contributed by atoms with Crippen LogP contribution in [0.2, 0.25) is 0 Å². The van der Waals surface area contributed by atoms with Crippen LogP contribution in [0.4, 0.5) is 11.4 Å². The molecule has 0 bridgehead atoms. The number of fused-ring (bicyclic) bond motifs is 3. The average molecular weight is 650 g/mol. The van der Waals surface area contributed by atoms with Crippen LogP contribution in [0.1, 0.15) is 44.4 Å². The number of hydrogen-bond donors (Lipinski definition) is 2. The van der Waals surface area contributed by atoms with Gasteiger partial charge in [-0.25, -0.2) is 14.7 Å². The van der Waals surface area contributed by atoms with E-state index in [1.165, 1.54) is 33.8 Å². The summed E-state index contributed by atoms with van der Waals surface area (Å²) in [5.41, 5.74) is 6.13. The first-order valence-corrected chi connectivity index (χ1v) is 16.4. The van der Waals surface area contributed by atoms with E-state index in [0.717, 1.165) is 33.7 Å². The molecule has 0 radical (unpaired) electrons. The van der Waals surface area contributed by atoms with Crippen molar-refractivity contribution >= 4 is 62.4 Å². The molecule has 1 aliphatic heterocycles. The zero-order valence-electron chi connectivity index (χ0n) is 25.7. The van der Waals surface area contributed by atoms with Crippen LogP contribution in [0.5, 0.6) is 0 Å². The first kappa shape index (κ1) is 29.3. The molecule has 0 atom stereocenters. The predicted octanol–water partition coefficient (Wildman–Crippen LogP) is 9.36. The molecule has 2 amide bonds. The molecule has 7 aromatic rings. The molecule has 0 saturated heterocycles. The summed E-state index contributed by atoms with van der Waals surface area (Å²) in [5.74, 6) is -1.95. The number of oxazole rings is 1.